The molecule has 0 bridgehead atoms. The molecule has 1 heterocycles. The first-order valence-corrected chi connectivity index (χ1v) is 9.95. The van der Waals surface area contributed by atoms with Crippen LogP contribution >= 0.6 is 0 Å². The highest BCUT2D eigenvalue weighted by Gasteiger charge is 2.35. The fourth-order valence-corrected chi connectivity index (χ4v) is 3.95. The molecule has 0 saturated carbocycles. The first-order chi connectivity index (χ1) is 14.1. The highest BCUT2D eigenvalue weighted by molar-refractivity contribution is 5.94. The van der Waals surface area contributed by atoms with E-state index in [1.54, 1.807) is 21.3 Å². The van der Waals surface area contributed by atoms with E-state index in [2.05, 4.69) is 46.8 Å². The molecule has 0 atom stereocenters. The molecule has 2 aromatic carbocycles. The van der Waals surface area contributed by atoms with Gasteiger partial charge in [-0.2, -0.15) is 0 Å². The van der Waals surface area contributed by atoms with Crippen LogP contribution in [-0.2, 0) is 10.2 Å². The van der Waals surface area contributed by atoms with Gasteiger partial charge in [0.15, 0.2) is 17.5 Å². The highest BCUT2D eigenvalue weighted by atomic mass is 16.5. The number of nitrogens with zero attached hydrogens (tertiary/aromatic N) is 1. The van der Waals surface area contributed by atoms with Gasteiger partial charge in [0.25, 0.3) is 0 Å². The first-order valence-electron chi connectivity index (χ1n) is 9.95. The predicted molar refractivity (Wildman–Crippen MR) is 117 cm³/mol. The van der Waals surface area contributed by atoms with Gasteiger partial charge >= 0.3 is 0 Å². The van der Waals surface area contributed by atoms with E-state index in [1.165, 1.54) is 11.1 Å². The van der Waals surface area contributed by atoms with Crippen molar-refractivity contribution in [2.24, 2.45) is 4.99 Å². The van der Waals surface area contributed by atoms with Crippen LogP contribution in [0.2, 0.25) is 0 Å². The van der Waals surface area contributed by atoms with Crippen LogP contribution in [0.5, 0.6) is 11.5 Å². The van der Waals surface area contributed by atoms with Gasteiger partial charge in [0.1, 0.15) is 0 Å². The predicted octanol–water partition coefficient (Wildman–Crippen LogP) is 3.75. The number of anilines is 1. The number of hydrogen-bond acceptors (Lipinski definition) is 4. The van der Waals surface area contributed by atoms with E-state index in [1.807, 2.05) is 18.2 Å². The number of ether oxygens (including phenoxy) is 3. The molecule has 2 aromatic rings. The molecule has 0 unspecified atom stereocenters. The molecule has 3 rings (SSSR count). The van der Waals surface area contributed by atoms with E-state index >= 15 is 0 Å². The second-order valence-electron chi connectivity index (χ2n) is 7.33. The molecule has 6 heteroatoms. The van der Waals surface area contributed by atoms with Crippen molar-refractivity contribution in [2.45, 2.75) is 25.2 Å². The Balaban J connectivity index is 1.75. The van der Waals surface area contributed by atoms with Gasteiger partial charge in [-0.3, -0.25) is 4.99 Å². The number of methoxy groups -OCH3 is 2. The summed E-state index contributed by atoms with van der Waals surface area (Å²) in [6.07, 6.45) is 1.97. The fraction of sp³-hybridized carbons (Fsp3) is 0.435. The van der Waals surface area contributed by atoms with E-state index in [4.69, 9.17) is 14.2 Å². The molecular formula is C23H31N3O3. The van der Waals surface area contributed by atoms with E-state index in [0.717, 1.165) is 44.2 Å². The summed E-state index contributed by atoms with van der Waals surface area (Å²) in [5.74, 6) is 2.09. The molecule has 0 radical (unpaired) electrons. The van der Waals surface area contributed by atoms with E-state index in [-0.39, 0.29) is 5.41 Å². The lowest BCUT2D eigenvalue weighted by Gasteiger charge is -2.39. The van der Waals surface area contributed by atoms with Gasteiger partial charge in [-0.15, -0.1) is 0 Å². The number of guanidine groups is 1. The summed E-state index contributed by atoms with van der Waals surface area (Å²) in [4.78, 5) is 4.40. The van der Waals surface area contributed by atoms with Gasteiger partial charge in [0.05, 0.1) is 14.2 Å². The zero-order chi connectivity index (χ0) is 20.7. The van der Waals surface area contributed by atoms with Crippen molar-refractivity contribution < 1.29 is 14.2 Å². The Bertz CT molecular complexity index is 845. The molecule has 2 N–H and O–H groups in total. The minimum atomic E-state index is 0.0266. The maximum atomic E-state index is 5.66. The summed E-state index contributed by atoms with van der Waals surface area (Å²) >= 11 is 0. The zero-order valence-corrected chi connectivity index (χ0v) is 17.7. The Morgan fingerprint density at radius 2 is 1.79 bits per heavy atom. The van der Waals surface area contributed by atoms with E-state index in [0.29, 0.717) is 11.5 Å². The van der Waals surface area contributed by atoms with Crippen molar-refractivity contribution in [3.8, 4) is 11.5 Å². The smallest absolute Gasteiger partial charge is 0.195 e. The lowest BCUT2D eigenvalue weighted by molar-refractivity contribution is 0.0512. The number of rotatable bonds is 6. The summed E-state index contributed by atoms with van der Waals surface area (Å²) in [5.41, 5.74) is 3.61. The molecule has 1 aliphatic heterocycles. The third-order valence-corrected chi connectivity index (χ3v) is 5.63. The minimum absolute atomic E-state index is 0.0266. The Morgan fingerprint density at radius 1 is 1.07 bits per heavy atom. The lowest BCUT2D eigenvalue weighted by Crippen LogP contribution is -2.46. The van der Waals surface area contributed by atoms with Crippen molar-refractivity contribution in [2.75, 3.05) is 46.3 Å². The largest absolute Gasteiger partial charge is 0.493 e. The van der Waals surface area contributed by atoms with Gasteiger partial charge in [-0.25, -0.2) is 0 Å². The standard InChI is InChI=1S/C23H31N3O3/c1-17-7-5-6-8-19(17)23(11-13-29-14-12-23)16-25-22(24-2)26-18-9-10-20(27-3)21(15-18)28-4/h5-10,15H,11-14,16H2,1-4H3,(H2,24,25,26). The van der Waals surface area contributed by atoms with Gasteiger partial charge in [-0.1, -0.05) is 24.3 Å². The summed E-state index contributed by atoms with van der Waals surface area (Å²) in [6.45, 7) is 4.52. The second kappa shape index (κ2) is 9.65. The Morgan fingerprint density at radius 3 is 2.45 bits per heavy atom. The molecule has 1 saturated heterocycles. The Labute approximate surface area is 173 Å². The van der Waals surface area contributed by atoms with Gasteiger partial charge in [0, 0.05) is 44.0 Å². The average Bonchev–Trinajstić information content (AvgIpc) is 2.77. The summed E-state index contributed by atoms with van der Waals surface area (Å²) in [5, 5.41) is 6.88. The molecule has 1 aliphatic rings. The minimum Gasteiger partial charge on any atom is -0.493 e. The molecule has 0 spiro atoms. The maximum Gasteiger partial charge on any atom is 0.195 e. The van der Waals surface area contributed by atoms with Crippen molar-refractivity contribution in [3.63, 3.8) is 0 Å². The SMILES string of the molecule is CN=C(NCC1(c2ccccc2C)CCOCC1)Nc1ccc(OC)c(OC)c1. The normalized spacial score (nSPS) is 16.2. The number of benzene rings is 2. The van der Waals surface area contributed by atoms with E-state index < -0.39 is 0 Å². The molecular weight excluding hydrogens is 366 g/mol. The Kier molecular flexibility index (Phi) is 6.99. The molecule has 29 heavy (non-hydrogen) atoms. The van der Waals surface area contributed by atoms with Crippen LogP contribution in [0.4, 0.5) is 5.69 Å². The maximum absolute atomic E-state index is 5.66. The van der Waals surface area contributed by atoms with Crippen molar-refractivity contribution in [1.82, 2.24) is 5.32 Å². The summed E-state index contributed by atoms with van der Waals surface area (Å²) in [6, 6.07) is 14.4. The van der Waals surface area contributed by atoms with Gasteiger partial charge in [0.2, 0.25) is 0 Å². The van der Waals surface area contributed by atoms with Gasteiger partial charge in [-0.05, 0) is 43.0 Å². The third kappa shape index (κ3) is 4.82. The number of hydrogen-bond donors (Lipinski definition) is 2. The molecule has 1 fully saturated rings. The van der Waals surface area contributed by atoms with E-state index in [9.17, 15) is 0 Å². The molecule has 0 aliphatic carbocycles. The van der Waals surface area contributed by atoms with Crippen molar-refractivity contribution in [1.29, 1.82) is 0 Å². The summed E-state index contributed by atoms with van der Waals surface area (Å²) in [7, 11) is 5.04. The topological polar surface area (TPSA) is 64.1 Å². The number of aliphatic imine (C=N–C) groups is 1. The lowest BCUT2D eigenvalue weighted by atomic mass is 9.72. The van der Waals surface area contributed by atoms with Crippen LogP contribution in [0.15, 0.2) is 47.5 Å². The summed E-state index contributed by atoms with van der Waals surface area (Å²) < 4.78 is 16.4. The number of nitrogens with one attached hydrogen (secondary N) is 2. The van der Waals surface area contributed by atoms with Gasteiger partial charge < -0.3 is 24.8 Å². The molecule has 6 nitrogen and oxygen atoms in total. The highest BCUT2D eigenvalue weighted by Crippen LogP contribution is 2.36. The van der Waals surface area contributed by atoms with Crippen LogP contribution < -0.4 is 20.1 Å². The van der Waals surface area contributed by atoms with Crippen LogP contribution in [0, 0.1) is 6.92 Å². The fourth-order valence-electron chi connectivity index (χ4n) is 3.95. The monoisotopic (exact) mass is 397 g/mol. The Hall–Kier alpha value is -2.73. The van der Waals surface area contributed by atoms with Crippen LogP contribution in [0.3, 0.4) is 0 Å². The number of aryl methyl sites for hydroxylation is 1. The zero-order valence-electron chi connectivity index (χ0n) is 17.7. The quantitative estimate of drug-likeness (QED) is 0.574. The van der Waals surface area contributed by atoms with Crippen molar-refractivity contribution in [3.05, 3.63) is 53.6 Å². The molecule has 0 aromatic heterocycles. The van der Waals surface area contributed by atoms with Crippen LogP contribution in [-0.4, -0.2) is 47.0 Å². The van der Waals surface area contributed by atoms with Crippen molar-refractivity contribution >= 4 is 11.6 Å². The van der Waals surface area contributed by atoms with Crippen LogP contribution in [0.1, 0.15) is 24.0 Å². The molecule has 156 valence electrons. The molecule has 0 amide bonds. The average molecular weight is 398 g/mol. The first kappa shape index (κ1) is 21.0. The van der Waals surface area contributed by atoms with Crippen LogP contribution in [0.25, 0.3) is 0 Å². The second-order valence-corrected chi connectivity index (χ2v) is 7.33. The third-order valence-electron chi connectivity index (χ3n) is 5.63.